The Bertz CT molecular complexity index is 1430. The number of amides is 2. The molecule has 0 N–H and O–H groups in total. The maximum absolute atomic E-state index is 13.2. The molecule has 1 aliphatic rings. The second kappa shape index (κ2) is 11.8. The van der Waals surface area contributed by atoms with E-state index in [0.717, 1.165) is 22.6 Å². The normalized spacial score (nSPS) is 15.4. The van der Waals surface area contributed by atoms with Gasteiger partial charge in [0.25, 0.3) is 0 Å². The maximum Gasteiger partial charge on any atom is 0.233 e. The molecule has 0 aliphatic carbocycles. The minimum Gasteiger partial charge on any atom is -0.497 e. The van der Waals surface area contributed by atoms with E-state index < -0.39 is 0 Å². The van der Waals surface area contributed by atoms with Crippen LogP contribution in [0.5, 0.6) is 5.75 Å². The van der Waals surface area contributed by atoms with Gasteiger partial charge in [0.1, 0.15) is 5.75 Å². The van der Waals surface area contributed by atoms with Crippen LogP contribution in [0.25, 0.3) is 17.3 Å². The highest BCUT2D eigenvalue weighted by molar-refractivity contribution is 7.99. The third-order valence-corrected chi connectivity index (χ3v) is 7.78. The first-order valence-electron chi connectivity index (χ1n) is 12.8. The van der Waals surface area contributed by atoms with Gasteiger partial charge in [-0.3, -0.25) is 14.2 Å². The van der Waals surface area contributed by atoms with E-state index in [4.69, 9.17) is 9.15 Å². The van der Waals surface area contributed by atoms with Gasteiger partial charge in [-0.2, -0.15) is 0 Å². The second-order valence-corrected chi connectivity index (χ2v) is 10.4. The molecular formula is C29H31N5O4S. The SMILES string of the molecule is COc1ccc(CC(=O)N2CCN(C(=O)CSc3nnc(-c4ccco4)n3-c3ccccc3C)CC2C)cc1. The summed E-state index contributed by atoms with van der Waals surface area (Å²) in [5.41, 5.74) is 2.93. The molecule has 0 saturated carbocycles. The number of furan rings is 1. The molecule has 2 amide bonds. The molecule has 202 valence electrons. The van der Waals surface area contributed by atoms with Crippen LogP contribution >= 0.6 is 11.8 Å². The third kappa shape index (κ3) is 5.85. The Morgan fingerprint density at radius 3 is 2.51 bits per heavy atom. The average Bonchev–Trinajstić information content (AvgIpc) is 3.62. The van der Waals surface area contributed by atoms with E-state index in [9.17, 15) is 9.59 Å². The molecular weight excluding hydrogens is 514 g/mol. The largest absolute Gasteiger partial charge is 0.497 e. The molecule has 1 saturated heterocycles. The van der Waals surface area contributed by atoms with Gasteiger partial charge in [0.15, 0.2) is 10.9 Å². The summed E-state index contributed by atoms with van der Waals surface area (Å²) < 4.78 is 12.7. The lowest BCUT2D eigenvalue weighted by molar-refractivity contribution is -0.140. The number of hydrogen-bond donors (Lipinski definition) is 0. The summed E-state index contributed by atoms with van der Waals surface area (Å²) >= 11 is 1.35. The van der Waals surface area contributed by atoms with Gasteiger partial charge in [-0.05, 0) is 55.3 Å². The molecule has 3 heterocycles. The Kier molecular flexibility index (Phi) is 8.02. The average molecular weight is 546 g/mol. The number of carbonyl (C=O) groups is 2. The maximum atomic E-state index is 13.2. The number of rotatable bonds is 8. The van der Waals surface area contributed by atoms with Crippen LogP contribution in [-0.4, -0.2) is 74.9 Å². The van der Waals surface area contributed by atoms with Crippen molar-refractivity contribution in [2.45, 2.75) is 31.5 Å². The Hall–Kier alpha value is -4.05. The highest BCUT2D eigenvalue weighted by Gasteiger charge is 2.30. The van der Waals surface area contributed by atoms with Crippen LogP contribution in [-0.2, 0) is 16.0 Å². The molecule has 9 nitrogen and oxygen atoms in total. The number of benzene rings is 2. The number of methoxy groups -OCH3 is 1. The molecule has 0 spiro atoms. The number of hydrogen-bond acceptors (Lipinski definition) is 7. The molecule has 2 aromatic carbocycles. The van der Waals surface area contributed by atoms with Crippen LogP contribution in [0.2, 0.25) is 0 Å². The van der Waals surface area contributed by atoms with E-state index in [2.05, 4.69) is 10.2 Å². The Labute approximate surface area is 231 Å². The standard InChI is InChI=1S/C29H31N5O4S/c1-20-7-4-5-8-24(20)34-28(25-9-6-16-38-25)30-31-29(34)39-19-27(36)32-14-15-33(21(2)18-32)26(35)17-22-10-12-23(37-3)13-11-22/h4-13,16,21H,14-15,17-19H2,1-3H3. The predicted molar refractivity (Wildman–Crippen MR) is 149 cm³/mol. The van der Waals surface area contributed by atoms with Gasteiger partial charge in [0, 0.05) is 25.7 Å². The topological polar surface area (TPSA) is 93.7 Å². The van der Waals surface area contributed by atoms with E-state index in [1.54, 1.807) is 13.4 Å². The smallest absolute Gasteiger partial charge is 0.233 e. The zero-order valence-corrected chi connectivity index (χ0v) is 23.1. The fraction of sp³-hybridized carbons (Fsp3) is 0.310. The predicted octanol–water partition coefficient (Wildman–Crippen LogP) is 4.24. The summed E-state index contributed by atoms with van der Waals surface area (Å²) in [6.45, 7) is 5.52. The summed E-state index contributed by atoms with van der Waals surface area (Å²) in [5.74, 6) is 2.24. The molecule has 0 bridgehead atoms. The number of piperazine rings is 1. The fourth-order valence-corrected chi connectivity index (χ4v) is 5.60. The van der Waals surface area contributed by atoms with E-state index >= 15 is 0 Å². The molecule has 1 fully saturated rings. The molecule has 1 aliphatic heterocycles. The lowest BCUT2D eigenvalue weighted by Gasteiger charge is -2.40. The number of ether oxygens (including phenoxy) is 1. The van der Waals surface area contributed by atoms with Crippen molar-refractivity contribution in [3.63, 3.8) is 0 Å². The van der Waals surface area contributed by atoms with E-state index in [1.807, 2.05) is 88.9 Å². The van der Waals surface area contributed by atoms with Gasteiger partial charge < -0.3 is 19.0 Å². The summed E-state index contributed by atoms with van der Waals surface area (Å²) in [6, 6.07) is 19.1. The number of para-hydroxylation sites is 1. The van der Waals surface area contributed by atoms with Gasteiger partial charge in [0.2, 0.25) is 17.6 Å². The summed E-state index contributed by atoms with van der Waals surface area (Å²) in [7, 11) is 1.62. The number of aryl methyl sites for hydroxylation is 1. The highest BCUT2D eigenvalue weighted by Crippen LogP contribution is 2.30. The number of carbonyl (C=O) groups excluding carboxylic acids is 2. The zero-order valence-electron chi connectivity index (χ0n) is 22.2. The first kappa shape index (κ1) is 26.6. The fourth-order valence-electron chi connectivity index (χ4n) is 4.75. The Balaban J connectivity index is 1.22. The van der Waals surface area contributed by atoms with Crippen molar-refractivity contribution in [2.75, 3.05) is 32.5 Å². The molecule has 0 radical (unpaired) electrons. The minimum absolute atomic E-state index is 0.00739. The van der Waals surface area contributed by atoms with E-state index in [1.165, 1.54) is 11.8 Å². The number of aromatic nitrogens is 3. The van der Waals surface area contributed by atoms with E-state index in [-0.39, 0.29) is 23.6 Å². The number of thioether (sulfide) groups is 1. The molecule has 1 unspecified atom stereocenters. The van der Waals surface area contributed by atoms with Crippen molar-refractivity contribution in [1.29, 1.82) is 0 Å². The van der Waals surface area contributed by atoms with Crippen LogP contribution in [0, 0.1) is 6.92 Å². The zero-order chi connectivity index (χ0) is 27.4. The van der Waals surface area contributed by atoms with Crippen molar-refractivity contribution >= 4 is 23.6 Å². The summed E-state index contributed by atoms with van der Waals surface area (Å²) in [4.78, 5) is 29.9. The Morgan fingerprint density at radius 2 is 1.82 bits per heavy atom. The molecule has 10 heteroatoms. The van der Waals surface area contributed by atoms with Crippen molar-refractivity contribution in [2.24, 2.45) is 0 Å². The molecule has 2 aromatic heterocycles. The van der Waals surface area contributed by atoms with Gasteiger partial charge in [-0.1, -0.05) is 42.1 Å². The van der Waals surface area contributed by atoms with Crippen molar-refractivity contribution in [3.8, 4) is 23.0 Å². The summed E-state index contributed by atoms with van der Waals surface area (Å²) in [5, 5.41) is 9.38. The minimum atomic E-state index is -0.0698. The molecule has 39 heavy (non-hydrogen) atoms. The number of nitrogens with zero attached hydrogens (tertiary/aromatic N) is 5. The lowest BCUT2D eigenvalue weighted by Crippen LogP contribution is -2.56. The van der Waals surface area contributed by atoms with Crippen molar-refractivity contribution in [1.82, 2.24) is 24.6 Å². The second-order valence-electron chi connectivity index (χ2n) is 9.49. The monoisotopic (exact) mass is 545 g/mol. The van der Waals surface area contributed by atoms with E-state index in [0.29, 0.717) is 42.8 Å². The summed E-state index contributed by atoms with van der Waals surface area (Å²) in [6.07, 6.45) is 1.93. The van der Waals surface area contributed by atoms with Crippen LogP contribution in [0.15, 0.2) is 76.5 Å². The van der Waals surface area contributed by atoms with Gasteiger partial charge in [-0.15, -0.1) is 10.2 Å². The van der Waals surface area contributed by atoms with Crippen LogP contribution in [0.4, 0.5) is 0 Å². The van der Waals surface area contributed by atoms with Crippen LogP contribution < -0.4 is 4.74 Å². The van der Waals surface area contributed by atoms with Crippen molar-refractivity contribution < 1.29 is 18.7 Å². The van der Waals surface area contributed by atoms with Crippen LogP contribution in [0.3, 0.4) is 0 Å². The van der Waals surface area contributed by atoms with Crippen molar-refractivity contribution in [3.05, 3.63) is 78.1 Å². The third-order valence-electron chi connectivity index (χ3n) is 6.87. The van der Waals surface area contributed by atoms with Gasteiger partial charge in [0.05, 0.1) is 31.2 Å². The van der Waals surface area contributed by atoms with Crippen LogP contribution in [0.1, 0.15) is 18.1 Å². The highest BCUT2D eigenvalue weighted by atomic mass is 32.2. The molecule has 5 rings (SSSR count). The van der Waals surface area contributed by atoms with Gasteiger partial charge in [-0.25, -0.2) is 0 Å². The molecule has 1 atom stereocenters. The molecule has 4 aromatic rings. The first-order chi connectivity index (χ1) is 18.9. The first-order valence-corrected chi connectivity index (χ1v) is 13.8. The lowest BCUT2D eigenvalue weighted by atomic mass is 10.1. The van der Waals surface area contributed by atoms with Gasteiger partial charge >= 0.3 is 0 Å². The Morgan fingerprint density at radius 1 is 1.03 bits per heavy atom. The quantitative estimate of drug-likeness (QED) is 0.306.